The van der Waals surface area contributed by atoms with Crippen molar-refractivity contribution in [2.45, 2.75) is 27.3 Å². The highest BCUT2D eigenvalue weighted by Gasteiger charge is 2.09. The summed E-state index contributed by atoms with van der Waals surface area (Å²) >= 11 is 9.50. The molecule has 84 valence electrons. The summed E-state index contributed by atoms with van der Waals surface area (Å²) in [5.41, 5.74) is 1.45. The summed E-state index contributed by atoms with van der Waals surface area (Å²) in [7, 11) is 0. The van der Waals surface area contributed by atoms with Crippen LogP contribution in [0.5, 0.6) is 0 Å². The van der Waals surface area contributed by atoms with Gasteiger partial charge in [0.2, 0.25) is 0 Å². The fourth-order valence-electron chi connectivity index (χ4n) is 1.24. The van der Waals surface area contributed by atoms with Crippen molar-refractivity contribution >= 4 is 27.5 Å². The second-order valence-electron chi connectivity index (χ2n) is 4.90. The maximum atomic E-state index is 6.11. The summed E-state index contributed by atoms with van der Waals surface area (Å²) in [5, 5.41) is 4.21. The number of rotatable bonds is 3. The van der Waals surface area contributed by atoms with Crippen molar-refractivity contribution in [1.29, 1.82) is 0 Å². The predicted octanol–water partition coefficient (Wildman–Crippen LogP) is 4.24. The van der Waals surface area contributed by atoms with Gasteiger partial charge >= 0.3 is 0 Å². The van der Waals surface area contributed by atoms with Crippen molar-refractivity contribution in [2.24, 2.45) is 5.41 Å². The minimum atomic E-state index is 0.307. The number of nitrogens with one attached hydrogen (secondary N) is 1. The molecule has 0 amide bonds. The Balaban J connectivity index is 2.51. The molecule has 0 atom stereocenters. The molecule has 1 nitrogen and oxygen atoms in total. The molecule has 0 aliphatic carbocycles. The van der Waals surface area contributed by atoms with Crippen molar-refractivity contribution in [3.05, 3.63) is 33.3 Å². The molecule has 0 radical (unpaired) electrons. The molecule has 0 aromatic heterocycles. The van der Waals surface area contributed by atoms with E-state index >= 15 is 0 Å². The Kier molecular flexibility index (Phi) is 4.63. The molecule has 1 aromatic rings. The lowest BCUT2D eigenvalue weighted by Gasteiger charge is -2.19. The van der Waals surface area contributed by atoms with Gasteiger partial charge in [0.15, 0.2) is 0 Å². The van der Waals surface area contributed by atoms with Gasteiger partial charge in [0.25, 0.3) is 0 Å². The summed E-state index contributed by atoms with van der Waals surface area (Å²) in [5.74, 6) is 0. The largest absolute Gasteiger partial charge is 0.312 e. The van der Waals surface area contributed by atoms with E-state index in [9.17, 15) is 0 Å². The molecular formula is C12H17BrClN. The average molecular weight is 291 g/mol. The van der Waals surface area contributed by atoms with Gasteiger partial charge in [-0.05, 0) is 23.1 Å². The van der Waals surface area contributed by atoms with Gasteiger partial charge in [0.05, 0.1) is 0 Å². The van der Waals surface area contributed by atoms with Gasteiger partial charge in [-0.2, -0.15) is 0 Å². The fraction of sp³-hybridized carbons (Fsp3) is 0.500. The van der Waals surface area contributed by atoms with Crippen LogP contribution in [-0.2, 0) is 6.54 Å². The Bertz CT molecular complexity index is 331. The van der Waals surface area contributed by atoms with E-state index < -0.39 is 0 Å². The number of benzene rings is 1. The van der Waals surface area contributed by atoms with Crippen LogP contribution in [0, 0.1) is 5.41 Å². The van der Waals surface area contributed by atoms with Crippen LogP contribution in [0.3, 0.4) is 0 Å². The smallest absolute Gasteiger partial charge is 0.0462 e. The lowest BCUT2D eigenvalue weighted by atomic mass is 9.97. The molecule has 0 saturated heterocycles. The maximum Gasteiger partial charge on any atom is 0.0462 e. The molecule has 1 N–H and O–H groups in total. The van der Waals surface area contributed by atoms with Crippen LogP contribution in [0.1, 0.15) is 26.3 Å². The summed E-state index contributed by atoms with van der Waals surface area (Å²) < 4.78 is 1.02. The van der Waals surface area contributed by atoms with E-state index in [1.165, 1.54) is 0 Å². The third-order valence-corrected chi connectivity index (χ3v) is 2.83. The standard InChI is InChI=1S/C12H17BrClN/c1-12(2,3)8-15-7-9-4-5-10(13)6-11(9)14/h4-6,15H,7-8H2,1-3H3. The normalized spacial score (nSPS) is 11.8. The van der Waals surface area contributed by atoms with Gasteiger partial charge in [-0.15, -0.1) is 0 Å². The van der Waals surface area contributed by atoms with Gasteiger partial charge in [-0.3, -0.25) is 0 Å². The molecule has 1 rings (SSSR count). The van der Waals surface area contributed by atoms with E-state index in [1.807, 2.05) is 18.2 Å². The van der Waals surface area contributed by atoms with Crippen LogP contribution in [0.4, 0.5) is 0 Å². The molecule has 0 fully saturated rings. The Hall–Kier alpha value is -0.0500. The second-order valence-corrected chi connectivity index (χ2v) is 6.22. The minimum Gasteiger partial charge on any atom is -0.312 e. The van der Waals surface area contributed by atoms with Gasteiger partial charge in [0, 0.05) is 22.6 Å². The molecule has 0 bridgehead atoms. The SMILES string of the molecule is CC(C)(C)CNCc1ccc(Br)cc1Cl. The van der Waals surface area contributed by atoms with Gasteiger partial charge in [-0.25, -0.2) is 0 Å². The first-order valence-electron chi connectivity index (χ1n) is 5.03. The molecule has 0 saturated carbocycles. The minimum absolute atomic E-state index is 0.307. The lowest BCUT2D eigenvalue weighted by Crippen LogP contribution is -2.26. The summed E-state index contributed by atoms with van der Waals surface area (Å²) in [4.78, 5) is 0. The van der Waals surface area contributed by atoms with Gasteiger partial charge in [-0.1, -0.05) is 54.4 Å². The number of hydrogen-bond donors (Lipinski definition) is 1. The van der Waals surface area contributed by atoms with E-state index in [0.717, 1.165) is 28.1 Å². The molecule has 15 heavy (non-hydrogen) atoms. The zero-order chi connectivity index (χ0) is 11.5. The lowest BCUT2D eigenvalue weighted by molar-refractivity contribution is 0.379. The topological polar surface area (TPSA) is 12.0 Å². The van der Waals surface area contributed by atoms with Gasteiger partial charge in [0.1, 0.15) is 0 Å². The van der Waals surface area contributed by atoms with E-state index in [-0.39, 0.29) is 0 Å². The highest BCUT2D eigenvalue weighted by atomic mass is 79.9. The van der Waals surface area contributed by atoms with Crippen molar-refractivity contribution in [3.8, 4) is 0 Å². The molecule has 0 unspecified atom stereocenters. The summed E-state index contributed by atoms with van der Waals surface area (Å²) in [6.45, 7) is 8.44. The molecule has 0 spiro atoms. The van der Waals surface area contributed by atoms with Crippen molar-refractivity contribution < 1.29 is 0 Å². The molecule has 0 aliphatic rings. The fourth-order valence-corrected chi connectivity index (χ4v) is 1.98. The molecular weight excluding hydrogens is 273 g/mol. The van der Waals surface area contributed by atoms with Crippen LogP contribution in [-0.4, -0.2) is 6.54 Å². The Morgan fingerprint density at radius 1 is 1.33 bits per heavy atom. The zero-order valence-electron chi connectivity index (χ0n) is 9.40. The van der Waals surface area contributed by atoms with Gasteiger partial charge < -0.3 is 5.32 Å². The van der Waals surface area contributed by atoms with Crippen molar-refractivity contribution in [3.63, 3.8) is 0 Å². The first kappa shape index (κ1) is 13.0. The quantitative estimate of drug-likeness (QED) is 0.878. The number of halogens is 2. The van der Waals surface area contributed by atoms with E-state index in [4.69, 9.17) is 11.6 Å². The Morgan fingerprint density at radius 3 is 2.53 bits per heavy atom. The monoisotopic (exact) mass is 289 g/mol. The van der Waals surface area contributed by atoms with Crippen LogP contribution >= 0.6 is 27.5 Å². The maximum absolute atomic E-state index is 6.11. The van der Waals surface area contributed by atoms with E-state index in [0.29, 0.717) is 5.41 Å². The molecule has 3 heteroatoms. The van der Waals surface area contributed by atoms with Crippen LogP contribution in [0.25, 0.3) is 0 Å². The second kappa shape index (κ2) is 5.33. The highest BCUT2D eigenvalue weighted by molar-refractivity contribution is 9.10. The van der Waals surface area contributed by atoms with E-state index in [1.54, 1.807) is 0 Å². The predicted molar refractivity (Wildman–Crippen MR) is 70.3 cm³/mol. The zero-order valence-corrected chi connectivity index (χ0v) is 11.7. The summed E-state index contributed by atoms with van der Waals surface area (Å²) in [6.07, 6.45) is 0. The first-order chi connectivity index (χ1) is 6.88. The van der Waals surface area contributed by atoms with Crippen molar-refractivity contribution in [1.82, 2.24) is 5.32 Å². The molecule has 1 aromatic carbocycles. The van der Waals surface area contributed by atoms with Crippen LogP contribution in [0.15, 0.2) is 22.7 Å². The average Bonchev–Trinajstić information content (AvgIpc) is 2.07. The summed E-state index contributed by atoms with van der Waals surface area (Å²) in [6, 6.07) is 5.98. The molecule has 0 aliphatic heterocycles. The number of hydrogen-bond acceptors (Lipinski definition) is 1. The highest BCUT2D eigenvalue weighted by Crippen LogP contribution is 2.21. The Morgan fingerprint density at radius 2 is 2.00 bits per heavy atom. The third-order valence-electron chi connectivity index (χ3n) is 1.99. The van der Waals surface area contributed by atoms with Crippen LogP contribution < -0.4 is 5.32 Å². The third kappa shape index (κ3) is 5.01. The van der Waals surface area contributed by atoms with Crippen LogP contribution in [0.2, 0.25) is 5.02 Å². The van der Waals surface area contributed by atoms with E-state index in [2.05, 4.69) is 42.0 Å². The molecule has 0 heterocycles. The first-order valence-corrected chi connectivity index (χ1v) is 6.20. The van der Waals surface area contributed by atoms with Crippen molar-refractivity contribution in [2.75, 3.05) is 6.54 Å². The Labute approximate surface area is 105 Å².